The third-order valence-corrected chi connectivity index (χ3v) is 4.93. The molecule has 1 amide bonds. The fourth-order valence-electron chi connectivity index (χ4n) is 2.22. The molecule has 0 aromatic heterocycles. The summed E-state index contributed by atoms with van der Waals surface area (Å²) < 4.78 is 4.58. The molecule has 0 aliphatic heterocycles. The smallest absolute Gasteiger partial charge is 0.229 e. The van der Waals surface area contributed by atoms with E-state index in [1.807, 2.05) is 26.0 Å². The molecule has 22 heavy (non-hydrogen) atoms. The minimum Gasteiger partial charge on any atom is -0.491 e. The average molecular weight is 346 g/mol. The predicted octanol–water partition coefficient (Wildman–Crippen LogP) is 3.21. The minimum atomic E-state index is -1.01. The van der Waals surface area contributed by atoms with Crippen molar-refractivity contribution in [3.8, 4) is 5.75 Å². The highest BCUT2D eigenvalue weighted by molar-refractivity contribution is 6.53. The molecule has 2 atom stereocenters. The maximum atomic E-state index is 12.1. The van der Waals surface area contributed by atoms with Gasteiger partial charge in [0.2, 0.25) is 5.91 Å². The minimum absolute atomic E-state index is 0.0578. The molecule has 1 aromatic rings. The Labute approximate surface area is 140 Å². The molecule has 1 fully saturated rings. The van der Waals surface area contributed by atoms with Gasteiger partial charge in [-0.1, -0.05) is 12.1 Å². The first-order chi connectivity index (χ1) is 10.2. The number of amides is 1. The van der Waals surface area contributed by atoms with Gasteiger partial charge in [0.1, 0.15) is 10.1 Å². The van der Waals surface area contributed by atoms with Gasteiger partial charge in [0.05, 0.1) is 17.6 Å². The highest BCUT2D eigenvalue weighted by Gasteiger charge is 2.67. The molecule has 0 spiro atoms. The monoisotopic (exact) mass is 345 g/mol. The first kappa shape index (κ1) is 17.4. The molecule has 0 unspecified atom stereocenters. The molecule has 6 heteroatoms. The van der Waals surface area contributed by atoms with E-state index in [0.717, 1.165) is 0 Å². The van der Waals surface area contributed by atoms with Crippen LogP contribution in [-0.2, 0) is 4.79 Å². The summed E-state index contributed by atoms with van der Waals surface area (Å²) in [5, 5.41) is 12.9. The third kappa shape index (κ3) is 3.67. The van der Waals surface area contributed by atoms with Crippen molar-refractivity contribution >= 4 is 29.1 Å². The SMILES string of the molecule is CC(C)Oc1cccc([C@@H](O)CNC(=O)[C@@]2(C)CC2(Cl)Cl)c1. The van der Waals surface area contributed by atoms with E-state index < -0.39 is 15.9 Å². The molecule has 1 aliphatic carbocycles. The second-order valence-corrected chi connectivity index (χ2v) is 7.66. The number of carbonyl (C=O) groups excluding carboxylic acids is 1. The molecular formula is C16H21Cl2NO3. The molecule has 4 nitrogen and oxygen atoms in total. The fourth-order valence-corrected chi connectivity index (χ4v) is 2.92. The second kappa shape index (κ2) is 6.26. The van der Waals surface area contributed by atoms with Crippen LogP contribution in [-0.4, -0.2) is 28.0 Å². The van der Waals surface area contributed by atoms with Gasteiger partial charge in [-0.25, -0.2) is 0 Å². The van der Waals surface area contributed by atoms with Crippen LogP contribution in [0, 0.1) is 5.41 Å². The first-order valence-corrected chi connectivity index (χ1v) is 8.02. The van der Waals surface area contributed by atoms with Gasteiger partial charge in [-0.15, -0.1) is 23.2 Å². The van der Waals surface area contributed by atoms with Gasteiger partial charge in [0, 0.05) is 6.54 Å². The van der Waals surface area contributed by atoms with Gasteiger partial charge in [-0.3, -0.25) is 4.79 Å². The molecule has 1 aliphatic rings. The predicted molar refractivity (Wildman–Crippen MR) is 87.3 cm³/mol. The van der Waals surface area contributed by atoms with Crippen molar-refractivity contribution in [2.75, 3.05) is 6.54 Å². The Bertz CT molecular complexity index is 562. The summed E-state index contributed by atoms with van der Waals surface area (Å²) in [6.07, 6.45) is -0.340. The van der Waals surface area contributed by atoms with Crippen LogP contribution in [0.3, 0.4) is 0 Å². The molecule has 2 N–H and O–H groups in total. The van der Waals surface area contributed by atoms with E-state index in [2.05, 4.69) is 5.32 Å². The number of halogens is 2. The van der Waals surface area contributed by atoms with E-state index in [4.69, 9.17) is 27.9 Å². The maximum absolute atomic E-state index is 12.1. The Balaban J connectivity index is 1.93. The van der Waals surface area contributed by atoms with Crippen LogP contribution >= 0.6 is 23.2 Å². The number of nitrogens with one attached hydrogen (secondary N) is 1. The summed E-state index contributed by atoms with van der Waals surface area (Å²) in [6, 6.07) is 7.19. The Morgan fingerprint density at radius 1 is 1.45 bits per heavy atom. The summed E-state index contributed by atoms with van der Waals surface area (Å²) in [5.41, 5.74) is -0.0965. The summed E-state index contributed by atoms with van der Waals surface area (Å²) in [7, 11) is 0. The number of aliphatic hydroxyl groups is 1. The largest absolute Gasteiger partial charge is 0.491 e. The molecule has 122 valence electrons. The molecule has 0 heterocycles. The zero-order valence-electron chi connectivity index (χ0n) is 12.9. The van der Waals surface area contributed by atoms with Crippen molar-refractivity contribution in [2.24, 2.45) is 5.41 Å². The molecule has 1 saturated carbocycles. The molecule has 2 rings (SSSR count). The zero-order valence-corrected chi connectivity index (χ0v) is 14.4. The van der Waals surface area contributed by atoms with Gasteiger partial charge in [-0.05, 0) is 44.9 Å². The van der Waals surface area contributed by atoms with Crippen molar-refractivity contribution in [2.45, 2.75) is 43.7 Å². The number of aliphatic hydroxyl groups excluding tert-OH is 1. The number of hydrogen-bond acceptors (Lipinski definition) is 3. The standard InChI is InChI=1S/C16H21Cl2NO3/c1-10(2)22-12-6-4-5-11(7-12)13(20)8-19-14(21)15(3)9-16(15,17)18/h4-7,10,13,20H,8-9H2,1-3H3,(H,19,21)/t13-,15+/m0/s1. The molecular weight excluding hydrogens is 325 g/mol. The zero-order chi connectivity index (χ0) is 16.5. The van der Waals surface area contributed by atoms with Crippen LogP contribution in [0.4, 0.5) is 0 Å². The van der Waals surface area contributed by atoms with Crippen molar-refractivity contribution < 1.29 is 14.6 Å². The first-order valence-electron chi connectivity index (χ1n) is 7.26. The Kier molecular flexibility index (Phi) is 4.95. The van der Waals surface area contributed by atoms with E-state index in [-0.39, 0.29) is 18.6 Å². The number of alkyl halides is 2. The van der Waals surface area contributed by atoms with Crippen molar-refractivity contribution in [3.63, 3.8) is 0 Å². The van der Waals surface area contributed by atoms with Crippen LogP contribution in [0.2, 0.25) is 0 Å². The fraction of sp³-hybridized carbons (Fsp3) is 0.562. The average Bonchev–Trinajstić information content (AvgIpc) is 2.95. The summed E-state index contributed by atoms with van der Waals surface area (Å²) in [5.74, 6) is 0.443. The van der Waals surface area contributed by atoms with Crippen LogP contribution in [0.1, 0.15) is 38.9 Å². The van der Waals surface area contributed by atoms with Crippen molar-refractivity contribution in [3.05, 3.63) is 29.8 Å². The van der Waals surface area contributed by atoms with Gasteiger partial charge in [-0.2, -0.15) is 0 Å². The second-order valence-electron chi connectivity index (χ2n) is 6.18. The van der Waals surface area contributed by atoms with Gasteiger partial charge >= 0.3 is 0 Å². The molecule has 0 radical (unpaired) electrons. The Morgan fingerprint density at radius 3 is 2.64 bits per heavy atom. The molecule has 0 saturated heterocycles. The third-order valence-electron chi connectivity index (χ3n) is 3.83. The highest BCUT2D eigenvalue weighted by Crippen LogP contribution is 2.63. The quantitative estimate of drug-likeness (QED) is 0.778. The normalized spacial score (nSPS) is 24.0. The molecule has 0 bridgehead atoms. The number of hydrogen-bond donors (Lipinski definition) is 2. The lowest BCUT2D eigenvalue weighted by atomic mass is 10.1. The van der Waals surface area contributed by atoms with Crippen LogP contribution in [0.5, 0.6) is 5.75 Å². The van der Waals surface area contributed by atoms with E-state index in [1.165, 1.54) is 0 Å². The summed E-state index contributed by atoms with van der Waals surface area (Å²) in [4.78, 5) is 12.1. The lowest BCUT2D eigenvalue weighted by molar-refractivity contribution is -0.126. The van der Waals surface area contributed by atoms with E-state index in [0.29, 0.717) is 17.7 Å². The highest BCUT2D eigenvalue weighted by atomic mass is 35.5. The Morgan fingerprint density at radius 2 is 2.09 bits per heavy atom. The number of ether oxygens (including phenoxy) is 1. The number of rotatable bonds is 6. The van der Waals surface area contributed by atoms with E-state index in [1.54, 1.807) is 19.1 Å². The van der Waals surface area contributed by atoms with Crippen LogP contribution < -0.4 is 10.1 Å². The van der Waals surface area contributed by atoms with Crippen LogP contribution in [0.15, 0.2) is 24.3 Å². The number of benzene rings is 1. The van der Waals surface area contributed by atoms with Crippen molar-refractivity contribution in [1.29, 1.82) is 0 Å². The maximum Gasteiger partial charge on any atom is 0.229 e. The van der Waals surface area contributed by atoms with Crippen molar-refractivity contribution in [1.82, 2.24) is 5.32 Å². The molecule has 1 aromatic carbocycles. The topological polar surface area (TPSA) is 58.6 Å². The lowest BCUT2D eigenvalue weighted by Gasteiger charge is -2.17. The van der Waals surface area contributed by atoms with E-state index >= 15 is 0 Å². The lowest BCUT2D eigenvalue weighted by Crippen LogP contribution is -2.36. The summed E-state index contributed by atoms with van der Waals surface area (Å²) >= 11 is 11.9. The Hall–Kier alpha value is -0.970. The van der Waals surface area contributed by atoms with Gasteiger partial charge in [0.15, 0.2) is 0 Å². The van der Waals surface area contributed by atoms with Gasteiger partial charge in [0.25, 0.3) is 0 Å². The summed E-state index contributed by atoms with van der Waals surface area (Å²) in [6.45, 7) is 5.68. The van der Waals surface area contributed by atoms with Crippen LogP contribution in [0.25, 0.3) is 0 Å². The van der Waals surface area contributed by atoms with E-state index in [9.17, 15) is 9.90 Å². The number of carbonyl (C=O) groups is 1. The van der Waals surface area contributed by atoms with Gasteiger partial charge < -0.3 is 15.2 Å².